The average Bonchev–Trinajstić information content (AvgIpc) is 2.41. The van der Waals surface area contributed by atoms with Crippen LogP contribution in [-0.2, 0) is 0 Å². The third-order valence-electron chi connectivity index (χ3n) is 4.28. The zero-order chi connectivity index (χ0) is 14.8. The van der Waals surface area contributed by atoms with Gasteiger partial charge in [0.15, 0.2) is 0 Å². The Balaban J connectivity index is 2.19. The molecule has 1 fully saturated rings. The van der Waals surface area contributed by atoms with E-state index in [4.69, 9.17) is 0 Å². The molecule has 2 rings (SSSR count). The number of hydrogen-bond acceptors (Lipinski definition) is 2. The standard InChI is InChI=1S/C16H22BrNO2/c1-11-5-4-8-16(9-11,10-17)18-15(20)13-6-3-7-14(19)12(13)2/h3,6-7,11,19H,4-5,8-10H2,1-2H3,(H,18,20). The predicted molar refractivity (Wildman–Crippen MR) is 84.5 cm³/mol. The predicted octanol–water partition coefficient (Wildman–Crippen LogP) is 3.77. The van der Waals surface area contributed by atoms with Crippen LogP contribution in [0.3, 0.4) is 0 Å². The molecule has 2 N–H and O–H groups in total. The van der Waals surface area contributed by atoms with Gasteiger partial charge in [-0.1, -0.05) is 41.8 Å². The van der Waals surface area contributed by atoms with Gasteiger partial charge < -0.3 is 10.4 Å². The van der Waals surface area contributed by atoms with Gasteiger partial charge in [0.1, 0.15) is 5.75 Å². The summed E-state index contributed by atoms with van der Waals surface area (Å²) in [6, 6.07) is 5.08. The lowest BCUT2D eigenvalue weighted by molar-refractivity contribution is 0.0868. The summed E-state index contributed by atoms with van der Waals surface area (Å²) in [5, 5.41) is 13.7. The van der Waals surface area contributed by atoms with Crippen molar-refractivity contribution in [1.29, 1.82) is 0 Å². The maximum atomic E-state index is 12.5. The van der Waals surface area contributed by atoms with Gasteiger partial charge in [0, 0.05) is 16.5 Å². The fourth-order valence-electron chi connectivity index (χ4n) is 3.11. The van der Waals surface area contributed by atoms with Gasteiger partial charge in [-0.25, -0.2) is 0 Å². The van der Waals surface area contributed by atoms with E-state index in [0.29, 0.717) is 17.0 Å². The molecule has 4 heteroatoms. The number of halogens is 1. The minimum atomic E-state index is -0.160. The number of aromatic hydroxyl groups is 1. The highest BCUT2D eigenvalue weighted by atomic mass is 79.9. The third kappa shape index (κ3) is 3.17. The average molecular weight is 340 g/mol. The second-order valence-electron chi connectivity index (χ2n) is 6.02. The summed E-state index contributed by atoms with van der Waals surface area (Å²) >= 11 is 3.57. The van der Waals surface area contributed by atoms with Crippen LogP contribution in [0.25, 0.3) is 0 Å². The van der Waals surface area contributed by atoms with E-state index in [1.54, 1.807) is 25.1 Å². The Morgan fingerprint density at radius 2 is 2.30 bits per heavy atom. The maximum absolute atomic E-state index is 12.5. The molecule has 0 saturated heterocycles. The van der Waals surface area contributed by atoms with Crippen molar-refractivity contribution in [2.45, 2.75) is 45.1 Å². The van der Waals surface area contributed by atoms with Gasteiger partial charge in [0.2, 0.25) is 0 Å². The van der Waals surface area contributed by atoms with Gasteiger partial charge in [-0.3, -0.25) is 4.79 Å². The van der Waals surface area contributed by atoms with E-state index in [1.165, 1.54) is 6.42 Å². The smallest absolute Gasteiger partial charge is 0.252 e. The van der Waals surface area contributed by atoms with E-state index < -0.39 is 0 Å². The molecule has 1 saturated carbocycles. The lowest BCUT2D eigenvalue weighted by atomic mass is 9.77. The number of carbonyl (C=O) groups is 1. The highest BCUT2D eigenvalue weighted by Gasteiger charge is 2.35. The number of benzene rings is 1. The fourth-order valence-corrected chi connectivity index (χ4v) is 3.76. The normalized spacial score (nSPS) is 26.2. The molecule has 3 nitrogen and oxygen atoms in total. The third-order valence-corrected chi connectivity index (χ3v) is 5.35. The van der Waals surface area contributed by atoms with Gasteiger partial charge in [-0.2, -0.15) is 0 Å². The Labute approximate surface area is 128 Å². The minimum Gasteiger partial charge on any atom is -0.508 e. The highest BCUT2D eigenvalue weighted by Crippen LogP contribution is 2.34. The molecule has 0 heterocycles. The molecule has 1 aromatic rings. The first-order valence-electron chi connectivity index (χ1n) is 7.14. The maximum Gasteiger partial charge on any atom is 0.252 e. The minimum absolute atomic E-state index is 0.0908. The molecule has 1 aromatic carbocycles. The van der Waals surface area contributed by atoms with Crippen LogP contribution in [0.15, 0.2) is 18.2 Å². The van der Waals surface area contributed by atoms with Gasteiger partial charge in [0.25, 0.3) is 5.91 Å². The van der Waals surface area contributed by atoms with E-state index in [1.807, 2.05) is 0 Å². The number of amides is 1. The van der Waals surface area contributed by atoms with Crippen LogP contribution in [0.5, 0.6) is 5.75 Å². The van der Waals surface area contributed by atoms with Crippen LogP contribution in [0.2, 0.25) is 0 Å². The van der Waals surface area contributed by atoms with Gasteiger partial charge in [-0.15, -0.1) is 0 Å². The number of alkyl halides is 1. The summed E-state index contributed by atoms with van der Waals surface area (Å²) in [6.45, 7) is 4.01. The molecular weight excluding hydrogens is 318 g/mol. The zero-order valence-corrected chi connectivity index (χ0v) is 13.7. The Kier molecular flexibility index (Phi) is 4.74. The Morgan fingerprint density at radius 3 is 2.95 bits per heavy atom. The molecule has 20 heavy (non-hydrogen) atoms. The highest BCUT2D eigenvalue weighted by molar-refractivity contribution is 9.09. The largest absolute Gasteiger partial charge is 0.508 e. The number of phenolic OH excluding ortho intramolecular Hbond substituents is 1. The molecule has 0 radical (unpaired) electrons. The molecule has 0 spiro atoms. The number of hydrogen-bond donors (Lipinski definition) is 2. The topological polar surface area (TPSA) is 49.3 Å². The SMILES string of the molecule is Cc1c(O)cccc1C(=O)NC1(CBr)CCCC(C)C1. The molecule has 0 aromatic heterocycles. The van der Waals surface area contributed by atoms with Crippen molar-refractivity contribution < 1.29 is 9.90 Å². The summed E-state index contributed by atoms with van der Waals surface area (Å²) < 4.78 is 0. The van der Waals surface area contributed by atoms with E-state index in [0.717, 1.165) is 24.6 Å². The molecule has 1 aliphatic carbocycles. The van der Waals surface area contributed by atoms with Gasteiger partial charge >= 0.3 is 0 Å². The molecule has 2 atom stereocenters. The van der Waals surface area contributed by atoms with Crippen LogP contribution >= 0.6 is 15.9 Å². The Bertz CT molecular complexity index is 503. The van der Waals surface area contributed by atoms with Crippen LogP contribution in [0.4, 0.5) is 0 Å². The monoisotopic (exact) mass is 339 g/mol. The van der Waals surface area contributed by atoms with E-state index >= 15 is 0 Å². The molecule has 0 bridgehead atoms. The van der Waals surface area contributed by atoms with Gasteiger partial charge in [0.05, 0.1) is 5.54 Å². The summed E-state index contributed by atoms with van der Waals surface area (Å²) in [7, 11) is 0. The van der Waals surface area contributed by atoms with Crippen LogP contribution in [0, 0.1) is 12.8 Å². The Hall–Kier alpha value is -1.03. The van der Waals surface area contributed by atoms with Gasteiger partial charge in [-0.05, 0) is 37.8 Å². The van der Waals surface area contributed by atoms with Crippen molar-refractivity contribution in [3.8, 4) is 5.75 Å². The number of nitrogens with one attached hydrogen (secondary N) is 1. The van der Waals surface area contributed by atoms with E-state index in [2.05, 4.69) is 28.2 Å². The number of carbonyl (C=O) groups excluding carboxylic acids is 1. The second-order valence-corrected chi connectivity index (χ2v) is 6.58. The molecule has 1 aliphatic rings. The van der Waals surface area contributed by atoms with E-state index in [9.17, 15) is 9.90 Å². The van der Waals surface area contributed by atoms with Crippen LogP contribution in [-0.4, -0.2) is 21.9 Å². The lowest BCUT2D eigenvalue weighted by Gasteiger charge is -2.39. The number of rotatable bonds is 3. The van der Waals surface area contributed by atoms with Crippen molar-refractivity contribution in [2.24, 2.45) is 5.92 Å². The quantitative estimate of drug-likeness (QED) is 0.823. The Morgan fingerprint density at radius 1 is 1.55 bits per heavy atom. The fraction of sp³-hybridized carbons (Fsp3) is 0.562. The van der Waals surface area contributed by atoms with Crippen molar-refractivity contribution in [3.63, 3.8) is 0 Å². The summed E-state index contributed by atoms with van der Waals surface area (Å²) in [5.41, 5.74) is 1.04. The first-order valence-corrected chi connectivity index (χ1v) is 8.26. The summed E-state index contributed by atoms with van der Waals surface area (Å²) in [6.07, 6.45) is 4.38. The van der Waals surface area contributed by atoms with Crippen molar-refractivity contribution in [3.05, 3.63) is 29.3 Å². The van der Waals surface area contributed by atoms with Crippen molar-refractivity contribution in [2.75, 3.05) is 5.33 Å². The summed E-state index contributed by atoms with van der Waals surface area (Å²) in [4.78, 5) is 12.5. The first-order chi connectivity index (χ1) is 9.47. The first kappa shape index (κ1) is 15.4. The molecule has 0 aliphatic heterocycles. The number of phenols is 1. The van der Waals surface area contributed by atoms with E-state index in [-0.39, 0.29) is 17.2 Å². The molecule has 2 unspecified atom stereocenters. The van der Waals surface area contributed by atoms with Crippen molar-refractivity contribution >= 4 is 21.8 Å². The molecule has 1 amide bonds. The van der Waals surface area contributed by atoms with Crippen LogP contribution in [0.1, 0.15) is 48.5 Å². The van der Waals surface area contributed by atoms with Crippen molar-refractivity contribution in [1.82, 2.24) is 5.32 Å². The molecular formula is C16H22BrNO2. The zero-order valence-electron chi connectivity index (χ0n) is 12.1. The lowest BCUT2D eigenvalue weighted by Crippen LogP contribution is -2.52. The molecule has 110 valence electrons. The summed E-state index contributed by atoms with van der Waals surface area (Å²) in [5.74, 6) is 0.710. The van der Waals surface area contributed by atoms with Crippen LogP contribution < -0.4 is 5.32 Å². The second kappa shape index (κ2) is 6.17.